The van der Waals surface area contributed by atoms with Crippen LogP contribution in [0.25, 0.3) is 0 Å². The average Bonchev–Trinajstić information content (AvgIpc) is 3.17. The number of fused-ring (bicyclic) bond motifs is 2. The number of H-pyrrole nitrogens is 1. The molecule has 3 N–H and O–H groups in total. The van der Waals surface area contributed by atoms with Crippen LogP contribution in [-0.2, 0) is 22.6 Å². The molecule has 0 aliphatic carbocycles. The summed E-state index contributed by atoms with van der Waals surface area (Å²) >= 11 is 0. The lowest BCUT2D eigenvalue weighted by Gasteiger charge is -2.23. The van der Waals surface area contributed by atoms with Crippen molar-refractivity contribution in [2.24, 2.45) is 5.73 Å². The van der Waals surface area contributed by atoms with Gasteiger partial charge in [-0.25, -0.2) is 0 Å². The highest BCUT2D eigenvalue weighted by Crippen LogP contribution is 2.31. The van der Waals surface area contributed by atoms with Crippen molar-refractivity contribution in [3.8, 4) is 5.75 Å². The van der Waals surface area contributed by atoms with E-state index in [9.17, 15) is 9.59 Å². The second-order valence-electron chi connectivity index (χ2n) is 7.33. The molecule has 2 aliphatic heterocycles. The minimum Gasteiger partial charge on any atom is -0.491 e. The fourth-order valence-corrected chi connectivity index (χ4v) is 3.66. The molecule has 1 unspecified atom stereocenters. The molecule has 8 heteroatoms. The Morgan fingerprint density at radius 3 is 2.68 bits per heavy atom. The second-order valence-corrected chi connectivity index (χ2v) is 7.33. The number of nitrogens with one attached hydrogen (secondary N) is 1. The number of aromatic amines is 1. The molecule has 8 nitrogen and oxygen atoms in total. The molecular formula is C23H24N4O4. The second kappa shape index (κ2) is 9.01. The predicted molar refractivity (Wildman–Crippen MR) is 115 cm³/mol. The summed E-state index contributed by atoms with van der Waals surface area (Å²) in [5.41, 5.74) is 9.30. The van der Waals surface area contributed by atoms with Gasteiger partial charge in [-0.15, -0.1) is 0 Å². The third-order valence-electron chi connectivity index (χ3n) is 5.35. The van der Waals surface area contributed by atoms with Gasteiger partial charge in [0, 0.05) is 19.0 Å². The van der Waals surface area contributed by atoms with Crippen LogP contribution in [-0.4, -0.2) is 35.7 Å². The van der Waals surface area contributed by atoms with Crippen LogP contribution in [0, 0.1) is 0 Å². The molecule has 160 valence electrons. The highest BCUT2D eigenvalue weighted by Gasteiger charge is 2.27. The van der Waals surface area contributed by atoms with Gasteiger partial charge in [-0.2, -0.15) is 5.10 Å². The summed E-state index contributed by atoms with van der Waals surface area (Å²) in [7, 11) is 1.77. The van der Waals surface area contributed by atoms with Crippen LogP contribution in [0.2, 0.25) is 0 Å². The van der Waals surface area contributed by atoms with E-state index in [1.807, 2.05) is 54.6 Å². The van der Waals surface area contributed by atoms with E-state index in [2.05, 4.69) is 10.2 Å². The number of primary amides is 1. The molecular weight excluding hydrogens is 396 g/mol. The number of para-hydroxylation sites is 2. The Morgan fingerprint density at radius 2 is 1.90 bits per heavy atom. The molecule has 5 rings (SSSR count). The maximum Gasteiger partial charge on any atom is 0.269 e. The van der Waals surface area contributed by atoms with Gasteiger partial charge in [0.2, 0.25) is 5.91 Å². The van der Waals surface area contributed by atoms with Crippen molar-refractivity contribution in [3.05, 3.63) is 77.1 Å². The zero-order valence-corrected chi connectivity index (χ0v) is 17.2. The number of nitrogens with zero attached hydrogens (tertiary/aromatic N) is 2. The number of aromatic nitrogens is 2. The van der Waals surface area contributed by atoms with E-state index in [-0.39, 0.29) is 12.0 Å². The zero-order chi connectivity index (χ0) is 21.8. The average molecular weight is 420 g/mol. The fraction of sp³-hybridized carbons (Fsp3) is 0.261. The van der Waals surface area contributed by atoms with Crippen LogP contribution in [0.15, 0.2) is 54.6 Å². The normalized spacial score (nSPS) is 17.4. The molecule has 31 heavy (non-hydrogen) atoms. The van der Waals surface area contributed by atoms with Gasteiger partial charge >= 0.3 is 0 Å². The van der Waals surface area contributed by atoms with Crippen molar-refractivity contribution >= 4 is 17.5 Å². The largest absolute Gasteiger partial charge is 0.491 e. The molecule has 1 atom stereocenters. The van der Waals surface area contributed by atoms with Crippen LogP contribution >= 0.6 is 0 Å². The Kier molecular flexibility index (Phi) is 5.99. The van der Waals surface area contributed by atoms with Crippen molar-refractivity contribution in [1.82, 2.24) is 10.2 Å². The van der Waals surface area contributed by atoms with Gasteiger partial charge in [0.1, 0.15) is 5.75 Å². The molecule has 2 aromatic carbocycles. The van der Waals surface area contributed by atoms with Crippen molar-refractivity contribution in [1.29, 1.82) is 0 Å². The van der Waals surface area contributed by atoms with E-state index in [0.29, 0.717) is 31.7 Å². The number of nitrogens with two attached hydrogens (primary N) is 1. The number of hydrogen-bond donors (Lipinski definition) is 2. The Hall–Kier alpha value is -3.65. The van der Waals surface area contributed by atoms with E-state index in [1.54, 1.807) is 11.9 Å². The molecule has 3 heterocycles. The van der Waals surface area contributed by atoms with Crippen LogP contribution in [0.4, 0.5) is 5.69 Å². The minimum atomic E-state index is -0.499. The summed E-state index contributed by atoms with van der Waals surface area (Å²) in [6.07, 6.45) is 1.02. The zero-order valence-electron chi connectivity index (χ0n) is 17.2. The van der Waals surface area contributed by atoms with Crippen molar-refractivity contribution < 1.29 is 19.1 Å². The van der Waals surface area contributed by atoms with Crippen molar-refractivity contribution in [2.75, 3.05) is 18.6 Å². The third-order valence-corrected chi connectivity index (χ3v) is 5.35. The van der Waals surface area contributed by atoms with E-state index in [1.165, 1.54) is 0 Å². The molecule has 2 aliphatic rings. The lowest BCUT2D eigenvalue weighted by atomic mass is 9.97. The topological polar surface area (TPSA) is 111 Å². The van der Waals surface area contributed by atoms with Crippen LogP contribution in [0.5, 0.6) is 5.75 Å². The number of carbonyl (C=O) groups is 2. The lowest BCUT2D eigenvalue weighted by molar-refractivity contribution is -0.118. The Balaban J connectivity index is 0.000000158. The lowest BCUT2D eigenvalue weighted by Crippen LogP contribution is -2.24. The van der Waals surface area contributed by atoms with Gasteiger partial charge in [-0.1, -0.05) is 42.5 Å². The van der Waals surface area contributed by atoms with Gasteiger partial charge in [-0.05, 0) is 17.7 Å². The Bertz CT molecular complexity index is 1080. The van der Waals surface area contributed by atoms with Crippen molar-refractivity contribution in [3.63, 3.8) is 0 Å². The predicted octanol–water partition coefficient (Wildman–Crippen LogP) is 2.75. The van der Waals surface area contributed by atoms with E-state index < -0.39 is 5.91 Å². The van der Waals surface area contributed by atoms with E-state index in [4.69, 9.17) is 15.2 Å². The van der Waals surface area contributed by atoms with Gasteiger partial charge in [0.05, 0.1) is 37.1 Å². The maximum atomic E-state index is 11.4. The number of hydrogen-bond acceptors (Lipinski definition) is 5. The number of amides is 2. The molecule has 0 radical (unpaired) electrons. The first-order valence-corrected chi connectivity index (χ1v) is 10.1. The van der Waals surface area contributed by atoms with Gasteiger partial charge in [0.25, 0.3) is 5.91 Å². The number of benzene rings is 2. The summed E-state index contributed by atoms with van der Waals surface area (Å²) in [6, 6.07) is 17.5. The monoisotopic (exact) mass is 420 g/mol. The fourth-order valence-electron chi connectivity index (χ4n) is 3.66. The molecule has 2 amide bonds. The highest BCUT2D eigenvalue weighted by molar-refractivity contribution is 5.95. The number of carbonyl (C=O) groups excluding carboxylic acids is 2. The molecule has 0 saturated heterocycles. The summed E-state index contributed by atoms with van der Waals surface area (Å²) in [4.78, 5) is 24.3. The van der Waals surface area contributed by atoms with Crippen LogP contribution in [0.1, 0.15) is 39.8 Å². The Morgan fingerprint density at radius 1 is 1.16 bits per heavy atom. The van der Waals surface area contributed by atoms with Crippen molar-refractivity contribution in [2.45, 2.75) is 25.6 Å². The molecule has 3 aromatic rings. The Labute approximate surface area is 180 Å². The quantitative estimate of drug-likeness (QED) is 0.662. The summed E-state index contributed by atoms with van der Waals surface area (Å²) in [5.74, 6) is 0.391. The first-order valence-electron chi connectivity index (χ1n) is 10.1. The highest BCUT2D eigenvalue weighted by atomic mass is 16.5. The molecule has 0 bridgehead atoms. The van der Waals surface area contributed by atoms with Gasteiger partial charge in [-0.3, -0.25) is 14.7 Å². The van der Waals surface area contributed by atoms with Gasteiger partial charge < -0.3 is 20.1 Å². The van der Waals surface area contributed by atoms with Crippen LogP contribution < -0.4 is 15.4 Å². The number of ether oxygens (including phenoxy) is 2. The first kappa shape index (κ1) is 20.6. The standard InChI is InChI=1S/C13H13N3O2.C10H11NO2/c14-13(17)12-9-6-11(8-4-2-1-3-5-8)18-7-10(9)15-16-12;1-11-8-4-2-3-5-9(8)13-7-6-10(11)12/h1-5,11H,6-7H2,(H2,14,17)(H,15,16);2-5H,6-7H2,1H3. The maximum absolute atomic E-state index is 11.4. The summed E-state index contributed by atoms with van der Waals surface area (Å²) < 4.78 is 11.2. The van der Waals surface area contributed by atoms with E-state index >= 15 is 0 Å². The number of rotatable bonds is 2. The summed E-state index contributed by atoms with van der Waals surface area (Å²) in [5, 5.41) is 6.75. The van der Waals surface area contributed by atoms with Gasteiger partial charge in [0.15, 0.2) is 5.69 Å². The first-order chi connectivity index (χ1) is 15.0. The molecule has 1 aromatic heterocycles. The minimum absolute atomic E-state index is 0.0469. The number of anilines is 1. The van der Waals surface area contributed by atoms with Crippen LogP contribution in [0.3, 0.4) is 0 Å². The molecule has 0 fully saturated rings. The van der Waals surface area contributed by atoms with E-state index in [0.717, 1.165) is 28.3 Å². The molecule has 0 saturated carbocycles. The smallest absolute Gasteiger partial charge is 0.269 e. The summed E-state index contributed by atoms with van der Waals surface area (Å²) in [6.45, 7) is 0.898. The third kappa shape index (κ3) is 4.44. The molecule has 0 spiro atoms. The SMILES string of the molecule is CN1C(=O)CCOc2ccccc21.NC(=O)c1n[nH]c2c1CC(c1ccccc1)OC2.